The number of aromatic nitrogens is 2. The average Bonchev–Trinajstić information content (AvgIpc) is 2.84. The Morgan fingerprint density at radius 3 is 2.63 bits per heavy atom. The summed E-state index contributed by atoms with van der Waals surface area (Å²) in [7, 11) is 0. The van der Waals surface area contributed by atoms with Crippen molar-refractivity contribution in [3.05, 3.63) is 18.2 Å². The Labute approximate surface area is 115 Å². The van der Waals surface area contributed by atoms with Gasteiger partial charge < -0.3 is 9.30 Å². The van der Waals surface area contributed by atoms with Crippen LogP contribution in [0.5, 0.6) is 0 Å². The third-order valence-electron chi connectivity index (χ3n) is 3.13. The van der Waals surface area contributed by atoms with E-state index in [4.69, 9.17) is 4.74 Å². The molecular formula is C14H25N3O2. The fourth-order valence-electron chi connectivity index (χ4n) is 1.87. The lowest BCUT2D eigenvalue weighted by Crippen LogP contribution is -2.37. The van der Waals surface area contributed by atoms with Crippen molar-refractivity contribution >= 4 is 5.97 Å². The lowest BCUT2D eigenvalue weighted by Gasteiger charge is -2.23. The van der Waals surface area contributed by atoms with E-state index in [1.54, 1.807) is 12.5 Å². The van der Waals surface area contributed by atoms with Crippen molar-refractivity contribution in [2.75, 3.05) is 6.61 Å². The average molecular weight is 267 g/mol. The summed E-state index contributed by atoms with van der Waals surface area (Å²) in [6.45, 7) is 10.5. The Morgan fingerprint density at radius 1 is 1.42 bits per heavy atom. The van der Waals surface area contributed by atoms with E-state index in [1.165, 1.54) is 0 Å². The highest BCUT2D eigenvalue weighted by molar-refractivity contribution is 5.77. The van der Waals surface area contributed by atoms with E-state index in [1.807, 2.05) is 11.5 Å². The zero-order chi connectivity index (χ0) is 14.4. The molecule has 2 unspecified atom stereocenters. The molecule has 0 fully saturated rings. The van der Waals surface area contributed by atoms with Crippen LogP contribution in [-0.4, -0.2) is 28.2 Å². The minimum atomic E-state index is -0.459. The molecule has 1 aromatic heterocycles. The molecule has 0 aliphatic rings. The number of hydrogen-bond acceptors (Lipinski definition) is 4. The van der Waals surface area contributed by atoms with Crippen molar-refractivity contribution in [1.29, 1.82) is 0 Å². The highest BCUT2D eigenvalue weighted by atomic mass is 16.5. The lowest BCUT2D eigenvalue weighted by atomic mass is 10.1. The predicted octanol–water partition coefficient (Wildman–Crippen LogP) is 2.46. The van der Waals surface area contributed by atoms with Gasteiger partial charge in [-0.15, -0.1) is 0 Å². The number of rotatable bonds is 7. The van der Waals surface area contributed by atoms with Crippen LogP contribution in [0.3, 0.4) is 0 Å². The molecule has 0 aromatic carbocycles. The maximum atomic E-state index is 12.1. The zero-order valence-electron chi connectivity index (χ0n) is 12.5. The molecule has 1 N–H and O–H groups in total. The molecule has 1 heterocycles. The number of carbonyl (C=O) groups is 1. The van der Waals surface area contributed by atoms with Gasteiger partial charge in [0.25, 0.3) is 0 Å². The summed E-state index contributed by atoms with van der Waals surface area (Å²) in [5, 5.41) is 3.31. The van der Waals surface area contributed by atoms with Gasteiger partial charge >= 0.3 is 5.97 Å². The molecule has 0 saturated heterocycles. The molecule has 5 nitrogen and oxygen atoms in total. The molecule has 0 aliphatic heterocycles. The van der Waals surface area contributed by atoms with Gasteiger partial charge in [-0.05, 0) is 34.1 Å². The molecule has 2 atom stereocenters. The van der Waals surface area contributed by atoms with Crippen molar-refractivity contribution in [1.82, 2.24) is 14.9 Å². The molecule has 0 bridgehead atoms. The third kappa shape index (κ3) is 4.06. The van der Waals surface area contributed by atoms with Gasteiger partial charge in [-0.1, -0.05) is 6.92 Å². The van der Waals surface area contributed by atoms with Crippen molar-refractivity contribution in [2.24, 2.45) is 0 Å². The van der Waals surface area contributed by atoms with E-state index in [9.17, 15) is 4.79 Å². The van der Waals surface area contributed by atoms with Crippen LogP contribution in [0.25, 0.3) is 0 Å². The smallest absolute Gasteiger partial charge is 0.329 e. The van der Waals surface area contributed by atoms with E-state index < -0.39 is 6.04 Å². The van der Waals surface area contributed by atoms with Crippen molar-refractivity contribution in [3.63, 3.8) is 0 Å². The topological polar surface area (TPSA) is 56.1 Å². The number of imidazole rings is 1. The minimum absolute atomic E-state index is 0.241. The third-order valence-corrected chi connectivity index (χ3v) is 3.13. The zero-order valence-corrected chi connectivity index (χ0v) is 12.5. The lowest BCUT2D eigenvalue weighted by molar-refractivity contribution is -0.146. The molecule has 0 amide bonds. The Hall–Kier alpha value is -1.36. The van der Waals surface area contributed by atoms with Gasteiger partial charge in [0, 0.05) is 12.1 Å². The Kier molecular flexibility index (Phi) is 6.02. The number of nitrogens with one attached hydrogen (secondary N) is 1. The van der Waals surface area contributed by atoms with Crippen LogP contribution < -0.4 is 5.32 Å². The first-order chi connectivity index (χ1) is 9.01. The van der Waals surface area contributed by atoms with Gasteiger partial charge in [0.2, 0.25) is 0 Å². The molecule has 0 radical (unpaired) electrons. The molecule has 0 aliphatic carbocycles. The van der Waals surface area contributed by atoms with Gasteiger partial charge in [-0.2, -0.15) is 0 Å². The maximum Gasteiger partial charge on any atom is 0.329 e. The Bertz CT molecular complexity index is 401. The summed E-state index contributed by atoms with van der Waals surface area (Å²) in [5.41, 5.74) is 0.855. The Morgan fingerprint density at radius 2 is 2.11 bits per heavy atom. The largest absolute Gasteiger partial charge is 0.465 e. The van der Waals surface area contributed by atoms with Crippen LogP contribution in [0, 0.1) is 0 Å². The summed E-state index contributed by atoms with van der Waals surface area (Å²) < 4.78 is 7.16. The van der Waals surface area contributed by atoms with Gasteiger partial charge in [-0.3, -0.25) is 5.32 Å². The first-order valence-corrected chi connectivity index (χ1v) is 6.95. The van der Waals surface area contributed by atoms with Crippen molar-refractivity contribution in [2.45, 2.75) is 59.2 Å². The van der Waals surface area contributed by atoms with E-state index in [0.717, 1.165) is 12.1 Å². The number of carbonyl (C=O) groups excluding carboxylic acids is 1. The van der Waals surface area contributed by atoms with E-state index in [-0.39, 0.29) is 18.1 Å². The van der Waals surface area contributed by atoms with Gasteiger partial charge in [0.05, 0.1) is 24.8 Å². The summed E-state index contributed by atoms with van der Waals surface area (Å²) >= 11 is 0. The number of nitrogens with zero attached hydrogens (tertiary/aromatic N) is 2. The van der Waals surface area contributed by atoms with Gasteiger partial charge in [0.15, 0.2) is 0 Å². The summed E-state index contributed by atoms with van der Waals surface area (Å²) in [4.78, 5) is 16.3. The quantitative estimate of drug-likeness (QED) is 0.771. The SMILES string of the molecule is CCOC(=O)C(NC(C)CC)c1cncn1C(C)C. The van der Waals surface area contributed by atoms with Crippen LogP contribution >= 0.6 is 0 Å². The van der Waals surface area contributed by atoms with E-state index in [0.29, 0.717) is 6.61 Å². The van der Waals surface area contributed by atoms with Crippen LogP contribution in [0.1, 0.15) is 58.8 Å². The molecular weight excluding hydrogens is 242 g/mol. The van der Waals surface area contributed by atoms with Gasteiger partial charge in [-0.25, -0.2) is 9.78 Å². The summed E-state index contributed by atoms with van der Waals surface area (Å²) in [5.74, 6) is -0.245. The second-order valence-corrected chi connectivity index (χ2v) is 4.98. The number of ether oxygens (including phenoxy) is 1. The van der Waals surface area contributed by atoms with Crippen molar-refractivity contribution < 1.29 is 9.53 Å². The standard InChI is InChI=1S/C14H25N3O2/c1-6-11(5)16-13(14(18)19-7-2)12-8-15-9-17(12)10(3)4/h8-11,13,16H,6-7H2,1-5H3. The predicted molar refractivity (Wildman–Crippen MR) is 74.9 cm³/mol. The molecule has 1 rings (SSSR count). The van der Waals surface area contributed by atoms with Gasteiger partial charge in [0.1, 0.15) is 6.04 Å². The van der Waals surface area contributed by atoms with Crippen LogP contribution in [0.15, 0.2) is 12.5 Å². The highest BCUT2D eigenvalue weighted by Gasteiger charge is 2.27. The van der Waals surface area contributed by atoms with Crippen LogP contribution in [-0.2, 0) is 9.53 Å². The molecule has 0 spiro atoms. The fraction of sp³-hybridized carbons (Fsp3) is 0.714. The van der Waals surface area contributed by atoms with Crippen molar-refractivity contribution in [3.8, 4) is 0 Å². The molecule has 0 saturated carbocycles. The molecule has 1 aromatic rings. The normalized spacial score (nSPS) is 14.4. The first-order valence-electron chi connectivity index (χ1n) is 6.95. The molecule has 108 valence electrons. The summed E-state index contributed by atoms with van der Waals surface area (Å²) in [6, 6.07) is 0.0397. The second kappa shape index (κ2) is 7.28. The molecule has 19 heavy (non-hydrogen) atoms. The van der Waals surface area contributed by atoms with Crippen LogP contribution in [0.2, 0.25) is 0 Å². The second-order valence-electron chi connectivity index (χ2n) is 4.98. The minimum Gasteiger partial charge on any atom is -0.465 e. The number of esters is 1. The summed E-state index contributed by atoms with van der Waals surface area (Å²) in [6.07, 6.45) is 4.44. The molecule has 5 heteroatoms. The first kappa shape index (κ1) is 15.7. The fourth-order valence-corrected chi connectivity index (χ4v) is 1.87. The Balaban J connectivity index is 3.00. The highest BCUT2D eigenvalue weighted by Crippen LogP contribution is 2.19. The number of hydrogen-bond donors (Lipinski definition) is 1. The van der Waals surface area contributed by atoms with Crippen LogP contribution in [0.4, 0.5) is 0 Å². The van der Waals surface area contributed by atoms with E-state index >= 15 is 0 Å². The van der Waals surface area contributed by atoms with E-state index in [2.05, 4.69) is 38.0 Å². The maximum absolute atomic E-state index is 12.1. The monoisotopic (exact) mass is 267 g/mol.